The summed E-state index contributed by atoms with van der Waals surface area (Å²) in [7, 11) is 1.69. The molecule has 3 heteroatoms. The van der Waals surface area contributed by atoms with Gasteiger partial charge in [-0.1, -0.05) is 12.1 Å². The Morgan fingerprint density at radius 1 is 1.19 bits per heavy atom. The van der Waals surface area contributed by atoms with Crippen molar-refractivity contribution >= 4 is 5.71 Å². The first-order valence-corrected chi connectivity index (χ1v) is 7.18. The average Bonchev–Trinajstić information content (AvgIpc) is 2.51. The van der Waals surface area contributed by atoms with Crippen molar-refractivity contribution in [3.05, 3.63) is 65.0 Å². The van der Waals surface area contributed by atoms with Crippen LogP contribution in [0, 0.1) is 5.82 Å². The minimum atomic E-state index is -0.133. The van der Waals surface area contributed by atoms with Crippen LogP contribution in [0.5, 0.6) is 5.75 Å². The number of benzene rings is 2. The summed E-state index contributed by atoms with van der Waals surface area (Å²) in [5.41, 5.74) is 4.48. The van der Waals surface area contributed by atoms with Gasteiger partial charge >= 0.3 is 0 Å². The van der Waals surface area contributed by atoms with Crippen LogP contribution in [0.1, 0.15) is 23.6 Å². The van der Waals surface area contributed by atoms with E-state index in [4.69, 9.17) is 4.74 Å². The minimum Gasteiger partial charge on any atom is -0.497 e. The van der Waals surface area contributed by atoms with Gasteiger partial charge in [0.2, 0.25) is 0 Å². The lowest BCUT2D eigenvalue weighted by Gasteiger charge is -2.17. The largest absolute Gasteiger partial charge is 0.497 e. The smallest absolute Gasteiger partial charge is 0.180 e. The Bertz CT molecular complexity index is 706. The lowest BCUT2D eigenvalue weighted by Crippen LogP contribution is -2.28. The van der Waals surface area contributed by atoms with Crippen molar-refractivity contribution in [1.29, 1.82) is 0 Å². The highest BCUT2D eigenvalue weighted by Crippen LogP contribution is 2.22. The first-order chi connectivity index (χ1) is 10.2. The molecular formula is C18H19FNO+. The van der Waals surface area contributed by atoms with Crippen LogP contribution in [0.25, 0.3) is 0 Å². The van der Waals surface area contributed by atoms with E-state index in [2.05, 4.69) is 23.6 Å². The number of fused-ring (bicyclic) bond motifs is 1. The van der Waals surface area contributed by atoms with Gasteiger partial charge in [0, 0.05) is 18.9 Å². The first-order valence-electron chi connectivity index (χ1n) is 7.18. The van der Waals surface area contributed by atoms with E-state index < -0.39 is 0 Å². The summed E-state index contributed by atoms with van der Waals surface area (Å²) in [4.78, 5) is 0. The number of methoxy groups -OCH3 is 1. The van der Waals surface area contributed by atoms with Crippen molar-refractivity contribution < 1.29 is 13.7 Å². The van der Waals surface area contributed by atoms with Crippen LogP contribution in [-0.4, -0.2) is 23.9 Å². The number of rotatable bonds is 3. The zero-order chi connectivity index (χ0) is 14.8. The third-order valence-corrected chi connectivity index (χ3v) is 4.15. The van der Waals surface area contributed by atoms with Crippen molar-refractivity contribution in [2.75, 3.05) is 13.7 Å². The van der Waals surface area contributed by atoms with Crippen molar-refractivity contribution in [3.63, 3.8) is 0 Å². The molecule has 3 rings (SSSR count). The molecular weight excluding hydrogens is 265 g/mol. The molecule has 2 nitrogen and oxygen atoms in total. The quantitative estimate of drug-likeness (QED) is 0.787. The predicted molar refractivity (Wildman–Crippen MR) is 81.7 cm³/mol. The molecule has 0 atom stereocenters. The summed E-state index contributed by atoms with van der Waals surface area (Å²) < 4.78 is 21.3. The maximum Gasteiger partial charge on any atom is 0.180 e. The Morgan fingerprint density at radius 2 is 2.00 bits per heavy atom. The van der Waals surface area contributed by atoms with Crippen LogP contribution in [-0.2, 0) is 13.0 Å². The number of nitrogens with zero attached hydrogens (tertiary/aromatic N) is 1. The van der Waals surface area contributed by atoms with Crippen LogP contribution in [0.4, 0.5) is 4.39 Å². The third kappa shape index (κ3) is 2.68. The molecule has 0 amide bonds. The normalized spacial score (nSPS) is 14.0. The molecule has 1 aliphatic heterocycles. The summed E-state index contributed by atoms with van der Waals surface area (Å²) >= 11 is 0. The fraction of sp³-hybridized carbons (Fsp3) is 0.278. The molecule has 0 N–H and O–H groups in total. The van der Waals surface area contributed by atoms with Gasteiger partial charge < -0.3 is 4.74 Å². The minimum absolute atomic E-state index is 0.133. The predicted octanol–water partition coefficient (Wildman–Crippen LogP) is 3.41. The van der Waals surface area contributed by atoms with Gasteiger partial charge in [-0.05, 0) is 35.9 Å². The molecule has 0 aliphatic carbocycles. The van der Waals surface area contributed by atoms with E-state index in [9.17, 15) is 4.39 Å². The second-order valence-corrected chi connectivity index (χ2v) is 5.37. The molecule has 2 aromatic rings. The van der Waals surface area contributed by atoms with E-state index >= 15 is 0 Å². The standard InChI is InChI=1S/C18H19FNO/c1-13-17-8-7-16(21-2)11-14(17)9-10-20(13)12-15-5-3-4-6-18(15)19/h3-8,11H,9-10,12H2,1-2H3/q+1. The Labute approximate surface area is 124 Å². The van der Waals surface area contributed by atoms with Crippen molar-refractivity contribution in [2.45, 2.75) is 19.9 Å². The maximum absolute atomic E-state index is 13.8. The highest BCUT2D eigenvalue weighted by Gasteiger charge is 2.23. The van der Waals surface area contributed by atoms with Crippen LogP contribution in [0.2, 0.25) is 0 Å². The molecule has 1 aliphatic rings. The Morgan fingerprint density at radius 3 is 2.76 bits per heavy atom. The number of hydrogen-bond donors (Lipinski definition) is 0. The summed E-state index contributed by atoms with van der Waals surface area (Å²) in [6.07, 6.45) is 0.957. The van der Waals surface area contributed by atoms with E-state index in [1.807, 2.05) is 18.2 Å². The van der Waals surface area contributed by atoms with Crippen LogP contribution in [0.3, 0.4) is 0 Å². The number of hydrogen-bond acceptors (Lipinski definition) is 1. The zero-order valence-electron chi connectivity index (χ0n) is 12.4. The Hall–Kier alpha value is -2.16. The van der Waals surface area contributed by atoms with Gasteiger partial charge in [-0.15, -0.1) is 0 Å². The molecule has 0 saturated carbocycles. The average molecular weight is 284 g/mol. The molecule has 1 heterocycles. The summed E-state index contributed by atoms with van der Waals surface area (Å²) in [6, 6.07) is 13.2. The van der Waals surface area contributed by atoms with Crippen molar-refractivity contribution in [3.8, 4) is 5.75 Å². The number of halogens is 1. The topological polar surface area (TPSA) is 12.2 Å². The van der Waals surface area contributed by atoms with E-state index in [0.29, 0.717) is 6.54 Å². The van der Waals surface area contributed by atoms with Crippen LogP contribution >= 0.6 is 0 Å². The Balaban J connectivity index is 1.94. The van der Waals surface area contributed by atoms with E-state index in [-0.39, 0.29) is 5.82 Å². The van der Waals surface area contributed by atoms with Crippen LogP contribution in [0.15, 0.2) is 42.5 Å². The van der Waals surface area contributed by atoms with Gasteiger partial charge in [0.15, 0.2) is 12.3 Å². The van der Waals surface area contributed by atoms with Crippen molar-refractivity contribution in [2.24, 2.45) is 0 Å². The lowest BCUT2D eigenvalue weighted by atomic mass is 9.97. The summed E-state index contributed by atoms with van der Waals surface area (Å²) in [5.74, 6) is 0.759. The zero-order valence-corrected chi connectivity index (χ0v) is 12.4. The van der Waals surface area contributed by atoms with E-state index in [1.54, 1.807) is 13.2 Å². The van der Waals surface area contributed by atoms with Crippen molar-refractivity contribution in [1.82, 2.24) is 0 Å². The SMILES string of the molecule is COc1ccc2c(c1)CC[N+](Cc1ccccc1F)=C2C. The highest BCUT2D eigenvalue weighted by molar-refractivity contribution is 5.97. The van der Waals surface area contributed by atoms with Gasteiger partial charge in [-0.25, -0.2) is 8.97 Å². The third-order valence-electron chi connectivity index (χ3n) is 4.15. The van der Waals surface area contributed by atoms with Gasteiger partial charge in [-0.2, -0.15) is 0 Å². The highest BCUT2D eigenvalue weighted by atomic mass is 19.1. The summed E-state index contributed by atoms with van der Waals surface area (Å²) in [5, 5.41) is 0. The molecule has 0 bridgehead atoms. The van der Waals surface area contributed by atoms with Gasteiger partial charge in [0.1, 0.15) is 18.1 Å². The molecule has 108 valence electrons. The molecule has 0 unspecified atom stereocenters. The maximum atomic E-state index is 13.8. The second kappa shape index (κ2) is 5.68. The molecule has 2 aromatic carbocycles. The molecule has 21 heavy (non-hydrogen) atoms. The monoisotopic (exact) mass is 284 g/mol. The second-order valence-electron chi connectivity index (χ2n) is 5.37. The molecule has 0 spiro atoms. The molecule has 0 aromatic heterocycles. The molecule has 0 fully saturated rings. The van der Waals surface area contributed by atoms with E-state index in [0.717, 1.165) is 24.3 Å². The Kier molecular flexibility index (Phi) is 3.74. The van der Waals surface area contributed by atoms with Gasteiger partial charge in [0.25, 0.3) is 0 Å². The van der Waals surface area contributed by atoms with Gasteiger partial charge in [0.05, 0.1) is 12.7 Å². The molecule has 0 saturated heterocycles. The number of ether oxygens (including phenoxy) is 1. The lowest BCUT2D eigenvalue weighted by molar-refractivity contribution is -0.545. The van der Waals surface area contributed by atoms with Gasteiger partial charge in [-0.3, -0.25) is 0 Å². The summed E-state index contributed by atoms with van der Waals surface area (Å²) in [6.45, 7) is 3.62. The fourth-order valence-electron chi connectivity index (χ4n) is 2.88. The first kappa shape index (κ1) is 13.8. The van der Waals surface area contributed by atoms with E-state index in [1.165, 1.54) is 22.9 Å². The molecule has 0 radical (unpaired) electrons. The fourth-order valence-corrected chi connectivity index (χ4v) is 2.88. The van der Waals surface area contributed by atoms with Crippen LogP contribution < -0.4 is 4.74 Å².